The molecule has 0 aromatic heterocycles. The van der Waals surface area contributed by atoms with E-state index in [4.69, 9.17) is 0 Å². The molecule has 2 atom stereocenters. The molecule has 2 aliphatic rings. The third-order valence-corrected chi connectivity index (χ3v) is 3.84. The molecule has 2 rings (SSSR count). The zero-order valence-electron chi connectivity index (χ0n) is 8.05. The van der Waals surface area contributed by atoms with Crippen LogP contribution in [-0.4, -0.2) is 17.5 Å². The van der Waals surface area contributed by atoms with Gasteiger partial charge in [-0.15, -0.1) is 0 Å². The van der Waals surface area contributed by atoms with Crippen molar-refractivity contribution in [3.63, 3.8) is 0 Å². The number of rotatable bonds is 1. The number of hydrogen-bond acceptors (Lipinski definition) is 2. The molecule has 2 heteroatoms. The first kappa shape index (κ1) is 8.95. The summed E-state index contributed by atoms with van der Waals surface area (Å²) in [6.07, 6.45) is 5.47. The van der Waals surface area contributed by atoms with Crippen molar-refractivity contribution in [1.82, 2.24) is 0 Å². The van der Waals surface area contributed by atoms with Gasteiger partial charge in [0.2, 0.25) is 0 Å². The largest absolute Gasteiger partial charge is 0.396 e. The lowest BCUT2D eigenvalue weighted by atomic mass is 9.70. The third-order valence-electron chi connectivity index (χ3n) is 3.84. The molecule has 1 saturated carbocycles. The van der Waals surface area contributed by atoms with E-state index in [-0.39, 0.29) is 17.8 Å². The fourth-order valence-corrected chi connectivity index (χ4v) is 2.74. The minimum absolute atomic E-state index is 0.128. The van der Waals surface area contributed by atoms with Crippen molar-refractivity contribution in [2.45, 2.75) is 32.6 Å². The lowest BCUT2D eigenvalue weighted by Crippen LogP contribution is -2.29. The standard InChI is InChI=1S/C11H16O2/c1-11-5-4-10(13)6-8(11)2-3-9(11)7-12/h6,9,12H,2-5,7H2,1H3/t9-,11+/m0/s1. The topological polar surface area (TPSA) is 37.3 Å². The molecule has 0 amide bonds. The number of hydrogen-bond donors (Lipinski definition) is 1. The number of carbonyl (C=O) groups excluding carboxylic acids is 1. The average Bonchev–Trinajstić information content (AvgIpc) is 2.42. The number of fused-ring (bicyclic) bond motifs is 1. The van der Waals surface area contributed by atoms with Crippen molar-refractivity contribution in [1.29, 1.82) is 0 Å². The molecule has 0 spiro atoms. The first-order valence-electron chi connectivity index (χ1n) is 5.01. The van der Waals surface area contributed by atoms with Crippen LogP contribution >= 0.6 is 0 Å². The second kappa shape index (κ2) is 2.95. The SMILES string of the molecule is C[C@@]12CCC(=O)C=C1CC[C@H]2CO. The summed E-state index contributed by atoms with van der Waals surface area (Å²) in [5, 5.41) is 9.22. The van der Waals surface area contributed by atoms with Crippen molar-refractivity contribution in [3.8, 4) is 0 Å². The number of allylic oxidation sites excluding steroid dienone is 2. The Morgan fingerprint density at radius 2 is 2.38 bits per heavy atom. The van der Waals surface area contributed by atoms with E-state index in [0.717, 1.165) is 19.3 Å². The van der Waals surface area contributed by atoms with Crippen LogP contribution in [0.4, 0.5) is 0 Å². The van der Waals surface area contributed by atoms with Crippen molar-refractivity contribution in [2.24, 2.45) is 11.3 Å². The van der Waals surface area contributed by atoms with Gasteiger partial charge in [-0.25, -0.2) is 0 Å². The lowest BCUT2D eigenvalue weighted by Gasteiger charge is -2.34. The molecule has 0 radical (unpaired) electrons. The minimum Gasteiger partial charge on any atom is -0.396 e. The summed E-state index contributed by atoms with van der Waals surface area (Å²) < 4.78 is 0. The molecule has 1 fully saturated rings. The van der Waals surface area contributed by atoms with E-state index < -0.39 is 0 Å². The van der Waals surface area contributed by atoms with Crippen LogP contribution in [0.25, 0.3) is 0 Å². The molecule has 1 N–H and O–H groups in total. The molecule has 0 unspecified atom stereocenters. The number of aliphatic hydroxyl groups excluding tert-OH is 1. The van der Waals surface area contributed by atoms with Crippen LogP contribution in [0.3, 0.4) is 0 Å². The van der Waals surface area contributed by atoms with Crippen LogP contribution in [0.5, 0.6) is 0 Å². The molecule has 13 heavy (non-hydrogen) atoms. The van der Waals surface area contributed by atoms with Crippen LogP contribution in [0.1, 0.15) is 32.6 Å². The van der Waals surface area contributed by atoms with Crippen molar-refractivity contribution >= 4 is 5.78 Å². The maximum atomic E-state index is 11.2. The summed E-state index contributed by atoms with van der Waals surface area (Å²) in [4.78, 5) is 11.2. The minimum atomic E-state index is 0.128. The second-order valence-electron chi connectivity index (χ2n) is 4.47. The Bertz CT molecular complexity index is 267. The van der Waals surface area contributed by atoms with E-state index in [2.05, 4.69) is 6.92 Å². The van der Waals surface area contributed by atoms with E-state index in [1.54, 1.807) is 0 Å². The van der Waals surface area contributed by atoms with Crippen molar-refractivity contribution < 1.29 is 9.90 Å². The summed E-state index contributed by atoms with van der Waals surface area (Å²) >= 11 is 0. The predicted molar refractivity (Wildman–Crippen MR) is 50.2 cm³/mol. The molecular formula is C11H16O2. The number of aliphatic hydroxyl groups is 1. The Morgan fingerprint density at radius 3 is 3.08 bits per heavy atom. The molecule has 2 aliphatic carbocycles. The van der Waals surface area contributed by atoms with Gasteiger partial charge in [-0.2, -0.15) is 0 Å². The van der Waals surface area contributed by atoms with Gasteiger partial charge in [0, 0.05) is 13.0 Å². The Hall–Kier alpha value is -0.630. The zero-order valence-corrected chi connectivity index (χ0v) is 8.05. The Balaban J connectivity index is 2.32. The molecule has 2 nitrogen and oxygen atoms in total. The fraction of sp³-hybridized carbons (Fsp3) is 0.727. The van der Waals surface area contributed by atoms with Crippen LogP contribution in [0.15, 0.2) is 11.6 Å². The van der Waals surface area contributed by atoms with Gasteiger partial charge in [0.1, 0.15) is 0 Å². The van der Waals surface area contributed by atoms with E-state index in [9.17, 15) is 9.90 Å². The summed E-state index contributed by atoms with van der Waals surface area (Å²) in [5.41, 5.74) is 1.41. The molecule has 0 heterocycles. The highest BCUT2D eigenvalue weighted by Crippen LogP contribution is 2.51. The molecular weight excluding hydrogens is 164 g/mol. The van der Waals surface area contributed by atoms with Crippen molar-refractivity contribution in [3.05, 3.63) is 11.6 Å². The van der Waals surface area contributed by atoms with Crippen LogP contribution in [-0.2, 0) is 4.79 Å². The molecule has 0 bridgehead atoms. The van der Waals surface area contributed by atoms with E-state index in [0.29, 0.717) is 12.3 Å². The van der Waals surface area contributed by atoms with Gasteiger partial charge < -0.3 is 5.11 Å². The molecule has 0 saturated heterocycles. The van der Waals surface area contributed by atoms with Crippen molar-refractivity contribution in [2.75, 3.05) is 6.61 Å². The first-order valence-corrected chi connectivity index (χ1v) is 5.01. The Labute approximate surface area is 78.6 Å². The third kappa shape index (κ3) is 1.24. The second-order valence-corrected chi connectivity index (χ2v) is 4.47. The van der Waals surface area contributed by atoms with Gasteiger partial charge in [-0.1, -0.05) is 12.5 Å². The Morgan fingerprint density at radius 1 is 1.62 bits per heavy atom. The van der Waals surface area contributed by atoms with Gasteiger partial charge in [-0.3, -0.25) is 4.79 Å². The maximum absolute atomic E-state index is 11.2. The van der Waals surface area contributed by atoms with E-state index in [1.165, 1.54) is 5.57 Å². The number of ketones is 1. The molecule has 72 valence electrons. The van der Waals surface area contributed by atoms with Gasteiger partial charge in [-0.05, 0) is 36.7 Å². The van der Waals surface area contributed by atoms with Gasteiger partial charge >= 0.3 is 0 Å². The van der Waals surface area contributed by atoms with E-state index >= 15 is 0 Å². The smallest absolute Gasteiger partial charge is 0.155 e. The fourth-order valence-electron chi connectivity index (χ4n) is 2.74. The molecule has 0 aromatic rings. The highest BCUT2D eigenvalue weighted by molar-refractivity contribution is 5.91. The van der Waals surface area contributed by atoms with E-state index in [1.807, 2.05) is 6.08 Å². The lowest BCUT2D eigenvalue weighted by molar-refractivity contribution is -0.115. The monoisotopic (exact) mass is 180 g/mol. The number of carbonyl (C=O) groups is 1. The molecule has 0 aromatic carbocycles. The summed E-state index contributed by atoms with van der Waals surface area (Å²) in [6, 6.07) is 0. The molecule has 0 aliphatic heterocycles. The maximum Gasteiger partial charge on any atom is 0.155 e. The normalized spacial score (nSPS) is 38.8. The summed E-state index contributed by atoms with van der Waals surface area (Å²) in [6.45, 7) is 2.46. The summed E-state index contributed by atoms with van der Waals surface area (Å²) in [5.74, 6) is 0.651. The van der Waals surface area contributed by atoms with Crippen LogP contribution < -0.4 is 0 Å². The van der Waals surface area contributed by atoms with Gasteiger partial charge in [0.15, 0.2) is 5.78 Å². The highest BCUT2D eigenvalue weighted by atomic mass is 16.3. The van der Waals surface area contributed by atoms with Gasteiger partial charge in [0.25, 0.3) is 0 Å². The average molecular weight is 180 g/mol. The highest BCUT2D eigenvalue weighted by Gasteiger charge is 2.44. The summed E-state index contributed by atoms with van der Waals surface area (Å²) in [7, 11) is 0. The van der Waals surface area contributed by atoms with Gasteiger partial charge in [0.05, 0.1) is 0 Å². The quantitative estimate of drug-likeness (QED) is 0.666. The first-order chi connectivity index (χ1) is 6.16. The Kier molecular flexibility index (Phi) is 2.03. The van der Waals surface area contributed by atoms with Crippen LogP contribution in [0.2, 0.25) is 0 Å². The zero-order chi connectivity index (χ0) is 9.47. The van der Waals surface area contributed by atoms with Crippen LogP contribution in [0, 0.1) is 11.3 Å². The predicted octanol–water partition coefficient (Wildman–Crippen LogP) is 1.68.